The first kappa shape index (κ1) is 25.2. The lowest BCUT2D eigenvalue weighted by atomic mass is 9.86. The van der Waals surface area contributed by atoms with Crippen molar-refractivity contribution in [2.24, 2.45) is 5.41 Å². The van der Waals surface area contributed by atoms with E-state index in [1.807, 2.05) is 48.5 Å². The summed E-state index contributed by atoms with van der Waals surface area (Å²) in [6, 6.07) is 14.9. The van der Waals surface area contributed by atoms with E-state index in [2.05, 4.69) is 10.8 Å². The lowest BCUT2D eigenvalue weighted by molar-refractivity contribution is -0.166. The normalized spacial score (nSPS) is 14.5. The molecule has 34 heavy (non-hydrogen) atoms. The van der Waals surface area contributed by atoms with E-state index in [1.54, 1.807) is 20.8 Å². The summed E-state index contributed by atoms with van der Waals surface area (Å²) in [6.07, 6.45) is -2.15. The van der Waals surface area contributed by atoms with Gasteiger partial charge in [-0.2, -0.15) is 0 Å². The average Bonchev–Trinajstić information content (AvgIpc) is 3.11. The molecule has 2 amide bonds. The van der Waals surface area contributed by atoms with Gasteiger partial charge in [0.25, 0.3) is 5.91 Å². The van der Waals surface area contributed by atoms with Gasteiger partial charge in [-0.25, -0.2) is 15.1 Å². The van der Waals surface area contributed by atoms with Crippen molar-refractivity contribution in [1.29, 1.82) is 0 Å². The van der Waals surface area contributed by atoms with Crippen LogP contribution in [-0.4, -0.2) is 55.5 Å². The van der Waals surface area contributed by atoms with Crippen molar-refractivity contribution in [3.05, 3.63) is 59.7 Å². The molecule has 2 aromatic rings. The zero-order valence-electron chi connectivity index (χ0n) is 19.7. The van der Waals surface area contributed by atoms with Gasteiger partial charge >= 0.3 is 12.1 Å². The summed E-state index contributed by atoms with van der Waals surface area (Å²) in [6.45, 7) is 5.11. The van der Waals surface area contributed by atoms with E-state index in [9.17, 15) is 14.4 Å². The lowest BCUT2D eigenvalue weighted by Gasteiger charge is -2.30. The van der Waals surface area contributed by atoms with Crippen LogP contribution in [0, 0.1) is 5.41 Å². The second kappa shape index (κ2) is 10.7. The SMILES string of the molecule is COCC(ONC(=O)[C@H](NC(=O)OCC1c2ccccc2-c2ccccc21)C(C)(C)C)C(=O)O. The molecule has 2 atom stereocenters. The first-order valence-corrected chi connectivity index (χ1v) is 10.9. The Hall–Kier alpha value is -3.43. The molecular weight excluding hydrogens is 440 g/mol. The number of nitrogens with one attached hydrogen (secondary N) is 2. The molecule has 1 unspecified atom stereocenters. The van der Waals surface area contributed by atoms with E-state index >= 15 is 0 Å². The molecule has 9 nitrogen and oxygen atoms in total. The molecule has 0 fully saturated rings. The van der Waals surface area contributed by atoms with Gasteiger partial charge < -0.3 is 19.9 Å². The molecule has 0 spiro atoms. The molecule has 1 aliphatic carbocycles. The maximum absolute atomic E-state index is 12.7. The summed E-state index contributed by atoms with van der Waals surface area (Å²) in [5, 5.41) is 11.7. The number of carbonyl (C=O) groups is 3. The van der Waals surface area contributed by atoms with E-state index in [-0.39, 0.29) is 19.1 Å². The Balaban J connectivity index is 1.65. The number of hydroxylamine groups is 1. The second-order valence-electron chi connectivity index (χ2n) is 9.14. The first-order valence-electron chi connectivity index (χ1n) is 10.9. The molecule has 0 aliphatic heterocycles. The van der Waals surface area contributed by atoms with Crippen molar-refractivity contribution in [2.45, 2.75) is 38.8 Å². The largest absolute Gasteiger partial charge is 0.479 e. The van der Waals surface area contributed by atoms with Gasteiger partial charge in [-0.15, -0.1) is 0 Å². The van der Waals surface area contributed by atoms with Crippen molar-refractivity contribution < 1.29 is 33.8 Å². The summed E-state index contributed by atoms with van der Waals surface area (Å²) in [5.74, 6) is -2.11. The predicted octanol–water partition coefficient (Wildman–Crippen LogP) is 3.09. The number of ether oxygens (including phenoxy) is 2. The maximum Gasteiger partial charge on any atom is 0.407 e. The number of carboxylic acid groups (broad SMARTS) is 1. The maximum atomic E-state index is 12.7. The van der Waals surface area contributed by atoms with Crippen LogP contribution in [0.4, 0.5) is 4.79 Å². The standard InChI is InChI=1S/C25H30N2O7/c1-25(2,3)21(22(28)27-34-20(14-32-4)23(29)30)26-24(31)33-13-19-17-11-7-5-9-15(17)16-10-6-8-12-18(16)19/h5-12,19-21H,13-14H2,1-4H3,(H,26,31)(H,27,28)(H,29,30)/t20?,21-/m0/s1. The Morgan fingerprint density at radius 1 is 1.00 bits per heavy atom. The fourth-order valence-electron chi connectivity index (χ4n) is 3.93. The molecule has 9 heteroatoms. The fraction of sp³-hybridized carbons (Fsp3) is 0.400. The number of alkyl carbamates (subject to hydrolysis) is 1. The number of methoxy groups -OCH3 is 1. The van der Waals surface area contributed by atoms with Crippen LogP contribution in [0.2, 0.25) is 0 Å². The Morgan fingerprint density at radius 2 is 1.56 bits per heavy atom. The summed E-state index contributed by atoms with van der Waals surface area (Å²) in [7, 11) is 1.32. The third-order valence-corrected chi connectivity index (χ3v) is 5.63. The quantitative estimate of drug-likeness (QED) is 0.481. The minimum atomic E-state index is -1.39. The number of carbonyl (C=O) groups excluding carboxylic acids is 2. The molecular formula is C25H30N2O7. The summed E-state index contributed by atoms with van der Waals surface area (Å²) < 4.78 is 10.3. The zero-order valence-corrected chi connectivity index (χ0v) is 19.7. The van der Waals surface area contributed by atoms with Gasteiger partial charge in [0.15, 0.2) is 0 Å². The van der Waals surface area contributed by atoms with Crippen LogP contribution in [0.15, 0.2) is 48.5 Å². The highest BCUT2D eigenvalue weighted by Gasteiger charge is 2.35. The van der Waals surface area contributed by atoms with Crippen LogP contribution in [0.1, 0.15) is 37.8 Å². The lowest BCUT2D eigenvalue weighted by Crippen LogP contribution is -2.54. The molecule has 3 N–H and O–H groups in total. The third kappa shape index (κ3) is 5.73. The summed E-state index contributed by atoms with van der Waals surface area (Å²) in [4.78, 5) is 41.5. The van der Waals surface area contributed by atoms with Crippen LogP contribution in [0.25, 0.3) is 11.1 Å². The van der Waals surface area contributed by atoms with Crippen molar-refractivity contribution in [1.82, 2.24) is 10.8 Å². The number of benzene rings is 2. The molecule has 0 radical (unpaired) electrons. The predicted molar refractivity (Wildman–Crippen MR) is 124 cm³/mol. The number of amides is 2. The molecule has 3 rings (SSSR count). The number of rotatable bonds is 9. The molecule has 1 aliphatic rings. The Morgan fingerprint density at radius 3 is 2.06 bits per heavy atom. The van der Waals surface area contributed by atoms with E-state index in [0.29, 0.717) is 0 Å². The van der Waals surface area contributed by atoms with E-state index in [4.69, 9.17) is 19.4 Å². The zero-order chi connectivity index (χ0) is 24.9. The fourth-order valence-corrected chi connectivity index (χ4v) is 3.93. The van der Waals surface area contributed by atoms with Crippen molar-refractivity contribution >= 4 is 18.0 Å². The molecule has 0 saturated carbocycles. The monoisotopic (exact) mass is 470 g/mol. The first-order chi connectivity index (χ1) is 16.1. The van der Waals surface area contributed by atoms with Gasteiger partial charge in [0, 0.05) is 13.0 Å². The van der Waals surface area contributed by atoms with Crippen molar-refractivity contribution in [3.8, 4) is 11.1 Å². The molecule has 182 valence electrons. The molecule has 0 aromatic heterocycles. The topological polar surface area (TPSA) is 123 Å². The number of hydrogen-bond donors (Lipinski definition) is 3. The van der Waals surface area contributed by atoms with E-state index < -0.39 is 35.5 Å². The number of carboxylic acids is 1. The Bertz CT molecular complexity index is 1000. The summed E-state index contributed by atoms with van der Waals surface area (Å²) >= 11 is 0. The van der Waals surface area contributed by atoms with Crippen LogP contribution in [0.3, 0.4) is 0 Å². The molecule has 0 bridgehead atoms. The molecule has 2 aromatic carbocycles. The van der Waals surface area contributed by atoms with Gasteiger partial charge in [0.1, 0.15) is 12.6 Å². The van der Waals surface area contributed by atoms with Gasteiger partial charge in [-0.05, 0) is 27.7 Å². The van der Waals surface area contributed by atoms with Gasteiger partial charge in [0.2, 0.25) is 6.10 Å². The van der Waals surface area contributed by atoms with Crippen molar-refractivity contribution in [2.75, 3.05) is 20.3 Å². The van der Waals surface area contributed by atoms with Crippen LogP contribution in [-0.2, 0) is 23.9 Å². The van der Waals surface area contributed by atoms with Crippen LogP contribution >= 0.6 is 0 Å². The van der Waals surface area contributed by atoms with E-state index in [1.165, 1.54) is 7.11 Å². The third-order valence-electron chi connectivity index (χ3n) is 5.63. The van der Waals surface area contributed by atoms with Crippen LogP contribution < -0.4 is 10.8 Å². The number of fused-ring (bicyclic) bond motifs is 3. The Kier molecular flexibility index (Phi) is 7.90. The average molecular weight is 471 g/mol. The highest BCUT2D eigenvalue weighted by molar-refractivity contribution is 5.86. The van der Waals surface area contributed by atoms with Gasteiger partial charge in [-0.3, -0.25) is 9.63 Å². The van der Waals surface area contributed by atoms with Gasteiger partial charge in [0.05, 0.1) is 6.61 Å². The molecule has 0 saturated heterocycles. The van der Waals surface area contributed by atoms with E-state index in [0.717, 1.165) is 22.3 Å². The Labute approximate surface area is 198 Å². The number of aliphatic carboxylic acids is 1. The minimum Gasteiger partial charge on any atom is -0.479 e. The highest BCUT2D eigenvalue weighted by atomic mass is 16.7. The van der Waals surface area contributed by atoms with Gasteiger partial charge in [-0.1, -0.05) is 69.3 Å². The smallest absolute Gasteiger partial charge is 0.407 e. The molecule has 0 heterocycles. The summed E-state index contributed by atoms with van der Waals surface area (Å²) in [5.41, 5.74) is 5.78. The second-order valence-corrected chi connectivity index (χ2v) is 9.14. The van der Waals surface area contributed by atoms with Crippen molar-refractivity contribution in [3.63, 3.8) is 0 Å². The van der Waals surface area contributed by atoms with Crippen LogP contribution in [0.5, 0.6) is 0 Å². The number of hydrogen-bond acceptors (Lipinski definition) is 6. The minimum absolute atomic E-state index is 0.101. The highest BCUT2D eigenvalue weighted by Crippen LogP contribution is 2.44.